The van der Waals surface area contributed by atoms with Crippen LogP contribution in [0.3, 0.4) is 0 Å². The second kappa shape index (κ2) is 24.5. The van der Waals surface area contributed by atoms with E-state index in [9.17, 15) is 9.36 Å². The van der Waals surface area contributed by atoms with Crippen LogP contribution < -0.4 is 0 Å². The summed E-state index contributed by atoms with van der Waals surface area (Å²) < 4.78 is 24.0. The van der Waals surface area contributed by atoms with Gasteiger partial charge in [-0.3, -0.25) is 4.89 Å². The molecule has 3 unspecified atom stereocenters. The maximum Gasteiger partial charge on any atom is 0.452 e. The molecule has 0 bridgehead atoms. The van der Waals surface area contributed by atoms with Crippen LogP contribution in [-0.4, -0.2) is 36.0 Å². The van der Waals surface area contributed by atoms with Crippen molar-refractivity contribution in [2.24, 2.45) is 5.41 Å². The third-order valence-corrected chi connectivity index (χ3v) is 9.66. The average molecular weight is 595 g/mol. The van der Waals surface area contributed by atoms with Gasteiger partial charge in [-0.15, -0.1) is 0 Å². The molecule has 0 aliphatic heterocycles. The lowest BCUT2D eigenvalue weighted by atomic mass is 9.99. The predicted octanol–water partition coefficient (Wildman–Crippen LogP) is 11.5. The first-order valence-corrected chi connectivity index (χ1v) is 18.6. The van der Waals surface area contributed by atoms with Crippen molar-refractivity contribution in [2.45, 2.75) is 169 Å². The maximum atomic E-state index is 13.2. The van der Waals surface area contributed by atoms with Gasteiger partial charge in [-0.2, -0.15) is 16.6 Å². The molecule has 0 aliphatic rings. The molecule has 0 aliphatic carbocycles. The molecule has 3 atom stereocenters. The highest BCUT2D eigenvalue weighted by Crippen LogP contribution is 2.51. The summed E-state index contributed by atoms with van der Waals surface area (Å²) in [6, 6.07) is 0. The molecule has 0 aromatic heterocycles. The quantitative estimate of drug-likeness (QED) is 0.0405. The Bertz CT molecular complexity index is 625. The van der Waals surface area contributed by atoms with Crippen molar-refractivity contribution in [2.75, 3.05) is 19.0 Å². The summed E-state index contributed by atoms with van der Waals surface area (Å²) in [5.41, 5.74) is -1.33. The number of thioether (sulfide) groups is 1. The second-order valence-corrected chi connectivity index (χ2v) is 15.3. The Morgan fingerprint density at radius 3 is 1.77 bits per heavy atom. The van der Waals surface area contributed by atoms with Crippen LogP contribution in [0.15, 0.2) is 0 Å². The van der Waals surface area contributed by atoms with E-state index in [-0.39, 0.29) is 30.0 Å². The monoisotopic (exact) mass is 594 g/mol. The molecular weight excluding hydrogens is 531 g/mol. The zero-order chi connectivity index (χ0) is 29.4. The van der Waals surface area contributed by atoms with Crippen LogP contribution in [0.25, 0.3) is 0 Å². The third kappa shape index (κ3) is 22.2. The van der Waals surface area contributed by atoms with Gasteiger partial charge in [-0.05, 0) is 37.4 Å². The van der Waals surface area contributed by atoms with Crippen molar-refractivity contribution in [3.63, 3.8) is 0 Å². The van der Waals surface area contributed by atoms with E-state index in [0.29, 0.717) is 6.42 Å². The highest BCUT2D eigenvalue weighted by Gasteiger charge is 2.40. The summed E-state index contributed by atoms with van der Waals surface area (Å²) in [5, 5.41) is 0.212. The van der Waals surface area contributed by atoms with Crippen molar-refractivity contribution in [3.05, 3.63) is 0 Å². The molecule has 234 valence electrons. The Hall–Kier alpha value is -0.0700. The van der Waals surface area contributed by atoms with Crippen LogP contribution in [0.4, 0.5) is 4.79 Å². The van der Waals surface area contributed by atoms with E-state index in [1.807, 2.05) is 46.4 Å². The number of hydrogen-bond donors (Lipinski definition) is 0. The van der Waals surface area contributed by atoms with E-state index in [1.165, 1.54) is 89.9 Å². The second-order valence-electron chi connectivity index (χ2n) is 12.1. The molecule has 0 saturated heterocycles. The van der Waals surface area contributed by atoms with Gasteiger partial charge in [0.2, 0.25) is 0 Å². The molecule has 39 heavy (non-hydrogen) atoms. The molecular formula is C31H63O6PS. The summed E-state index contributed by atoms with van der Waals surface area (Å²) in [5.74, 6) is 1.07. The number of carbonyl (C=O) groups excluding carboxylic acids is 1. The molecule has 0 spiro atoms. The SMILES string of the molecule is CCCCCCCCCCSC(CCCCCCCCC)C(C)OOC(=O)P(=O)(OCCC)OCC(C)(C)C. The largest absolute Gasteiger partial charge is 0.452 e. The first-order valence-electron chi connectivity index (χ1n) is 16.0. The number of carbonyl (C=O) groups is 1. The van der Waals surface area contributed by atoms with Crippen molar-refractivity contribution in [3.8, 4) is 0 Å². The lowest BCUT2D eigenvalue weighted by Crippen LogP contribution is -2.26. The Balaban J connectivity index is 4.81. The lowest BCUT2D eigenvalue weighted by Gasteiger charge is -2.24. The molecule has 0 N–H and O–H groups in total. The molecule has 8 heteroatoms. The highest BCUT2D eigenvalue weighted by atomic mass is 32.2. The van der Waals surface area contributed by atoms with E-state index < -0.39 is 13.3 Å². The third-order valence-electron chi connectivity index (χ3n) is 6.57. The van der Waals surface area contributed by atoms with Crippen LogP contribution in [0.5, 0.6) is 0 Å². The minimum absolute atomic E-state index is 0.119. The smallest absolute Gasteiger partial charge is 0.301 e. The Labute approximate surface area is 246 Å². The summed E-state index contributed by atoms with van der Waals surface area (Å²) in [4.78, 5) is 23.4. The maximum absolute atomic E-state index is 13.2. The summed E-state index contributed by atoms with van der Waals surface area (Å²) in [6.45, 7) is 14.4. The van der Waals surface area contributed by atoms with Crippen LogP contribution in [0.1, 0.15) is 158 Å². The molecule has 0 rings (SSSR count). The van der Waals surface area contributed by atoms with Crippen LogP contribution in [-0.2, 0) is 23.4 Å². The van der Waals surface area contributed by atoms with E-state index >= 15 is 0 Å². The first kappa shape index (κ1) is 38.9. The minimum atomic E-state index is -4.09. The Morgan fingerprint density at radius 2 is 1.26 bits per heavy atom. The van der Waals surface area contributed by atoms with Crippen molar-refractivity contribution < 1.29 is 28.2 Å². The summed E-state index contributed by atoms with van der Waals surface area (Å²) >= 11 is 1.91. The number of unbranched alkanes of at least 4 members (excludes halogenated alkanes) is 13. The minimum Gasteiger partial charge on any atom is -0.301 e. The predicted molar refractivity (Wildman–Crippen MR) is 168 cm³/mol. The normalized spacial score (nSPS) is 15.2. The zero-order valence-corrected chi connectivity index (χ0v) is 28.3. The molecule has 0 fully saturated rings. The fourth-order valence-electron chi connectivity index (χ4n) is 4.08. The van der Waals surface area contributed by atoms with E-state index in [1.54, 1.807) is 0 Å². The van der Waals surface area contributed by atoms with Gasteiger partial charge in [0.1, 0.15) is 6.10 Å². The van der Waals surface area contributed by atoms with Gasteiger partial charge in [-0.1, -0.05) is 131 Å². The fraction of sp³-hybridized carbons (Fsp3) is 0.968. The van der Waals surface area contributed by atoms with Gasteiger partial charge in [0.05, 0.1) is 13.2 Å². The zero-order valence-electron chi connectivity index (χ0n) is 26.6. The van der Waals surface area contributed by atoms with Gasteiger partial charge in [0, 0.05) is 5.25 Å². The molecule has 0 amide bonds. The van der Waals surface area contributed by atoms with Gasteiger partial charge >= 0.3 is 13.3 Å². The average Bonchev–Trinajstić information content (AvgIpc) is 2.90. The van der Waals surface area contributed by atoms with Gasteiger partial charge in [0.25, 0.3) is 0 Å². The Kier molecular flexibility index (Phi) is 24.5. The summed E-state index contributed by atoms with van der Waals surface area (Å²) in [7, 11) is -4.09. The van der Waals surface area contributed by atoms with Crippen LogP contribution in [0, 0.1) is 5.41 Å². The van der Waals surface area contributed by atoms with Crippen molar-refractivity contribution in [1.82, 2.24) is 0 Å². The van der Waals surface area contributed by atoms with Gasteiger partial charge < -0.3 is 9.05 Å². The molecule has 0 saturated carbocycles. The highest BCUT2D eigenvalue weighted by molar-refractivity contribution is 7.99. The van der Waals surface area contributed by atoms with E-state index in [2.05, 4.69) is 13.8 Å². The van der Waals surface area contributed by atoms with E-state index in [4.69, 9.17) is 18.8 Å². The van der Waals surface area contributed by atoms with Crippen molar-refractivity contribution in [1.29, 1.82) is 0 Å². The van der Waals surface area contributed by atoms with Crippen LogP contribution >= 0.6 is 19.4 Å². The molecule has 0 heterocycles. The van der Waals surface area contributed by atoms with Crippen LogP contribution in [0.2, 0.25) is 0 Å². The van der Waals surface area contributed by atoms with E-state index in [0.717, 1.165) is 18.6 Å². The topological polar surface area (TPSA) is 71.1 Å². The molecule has 0 aromatic carbocycles. The standard InChI is InChI=1S/C31H63O6PS/c1-8-11-13-15-17-19-21-23-26-39-29(24-22-20-18-16-14-12-9-2)28(4)36-37-30(32)38(33,34-25-10-3)35-27-31(5,6)7/h28-29H,8-27H2,1-7H3. The molecule has 6 nitrogen and oxygen atoms in total. The lowest BCUT2D eigenvalue weighted by molar-refractivity contribution is -0.262. The molecule has 0 aromatic rings. The first-order chi connectivity index (χ1) is 18.6. The van der Waals surface area contributed by atoms with Gasteiger partial charge in [0.15, 0.2) is 0 Å². The molecule has 0 radical (unpaired) electrons. The Morgan fingerprint density at radius 1 is 0.744 bits per heavy atom. The fourth-order valence-corrected chi connectivity index (χ4v) is 6.81. The van der Waals surface area contributed by atoms with Gasteiger partial charge in [-0.25, -0.2) is 9.36 Å². The number of rotatable bonds is 27. The van der Waals surface area contributed by atoms with Crippen molar-refractivity contribution >= 4 is 25.1 Å². The summed E-state index contributed by atoms with van der Waals surface area (Å²) in [6.07, 6.45) is 20.6. The number of hydrogen-bond acceptors (Lipinski definition) is 7.